The highest BCUT2D eigenvalue weighted by Gasteiger charge is 2.74. The molecule has 27 heavy (non-hydrogen) atoms. The summed E-state index contributed by atoms with van der Waals surface area (Å²) in [6.07, 6.45) is 8.60. The molecule has 0 aliphatic heterocycles. The summed E-state index contributed by atoms with van der Waals surface area (Å²) < 4.78 is 14.8. The lowest BCUT2D eigenvalue weighted by Gasteiger charge is -2.72. The molecule has 0 aromatic heterocycles. The minimum absolute atomic E-state index is 0.0713. The topological polar surface area (TPSA) is 67.2 Å². The third-order valence-corrected chi connectivity index (χ3v) is 8.03. The van der Waals surface area contributed by atoms with Gasteiger partial charge in [-0.15, -0.1) is 0 Å². The summed E-state index contributed by atoms with van der Waals surface area (Å²) in [7, 11) is -2.12. The molecule has 4 N–H and O–H groups in total. The Balaban J connectivity index is 1.49. The molecule has 0 heterocycles. The fraction of sp³-hybridized carbons (Fsp3) is 0.864. The molecule has 0 radical (unpaired) electrons. The number of hydrogen-bond donors (Lipinski definition) is 3. The predicted molar refractivity (Wildman–Crippen MR) is 117 cm³/mol. The Morgan fingerprint density at radius 1 is 1.26 bits per heavy atom. The summed E-state index contributed by atoms with van der Waals surface area (Å²) in [6, 6.07) is 0.563. The lowest BCUT2D eigenvalue weighted by atomic mass is 9.31. The smallest absolute Gasteiger partial charge is 0.0634 e. The molecule has 3 aliphatic carbocycles. The van der Waals surface area contributed by atoms with Crippen LogP contribution in [-0.2, 0) is 9.71 Å². The Hall–Kier alpha value is -0.540. The van der Waals surface area contributed by atoms with E-state index < -0.39 is 9.71 Å². The van der Waals surface area contributed by atoms with Gasteiger partial charge in [0.1, 0.15) is 0 Å². The molecule has 2 fully saturated rings. The van der Waals surface area contributed by atoms with Crippen LogP contribution in [0.1, 0.15) is 66.2 Å². The van der Waals surface area contributed by atoms with E-state index in [0.29, 0.717) is 29.3 Å². The number of rotatable bonds is 11. The van der Waals surface area contributed by atoms with Gasteiger partial charge in [0.05, 0.1) is 10.8 Å². The van der Waals surface area contributed by atoms with E-state index in [0.717, 1.165) is 25.8 Å². The lowest BCUT2D eigenvalue weighted by molar-refractivity contribution is -0.145. The van der Waals surface area contributed by atoms with E-state index in [1.54, 1.807) is 6.26 Å². The summed E-state index contributed by atoms with van der Waals surface area (Å²) in [5.41, 5.74) is 7.11. The molecule has 0 bridgehead atoms. The molecule has 0 aromatic rings. The van der Waals surface area contributed by atoms with Gasteiger partial charge in [-0.1, -0.05) is 25.7 Å². The highest BCUT2D eigenvalue weighted by Crippen LogP contribution is 2.73. The molecular weight excluding hydrogens is 354 g/mol. The van der Waals surface area contributed by atoms with Crippen LogP contribution in [0.25, 0.3) is 0 Å². The zero-order valence-electron chi connectivity index (χ0n) is 17.9. The number of nitrogens with one attached hydrogen (secondary N) is 2. The van der Waals surface area contributed by atoms with Crippen LogP contribution in [0, 0.1) is 34.0 Å². The van der Waals surface area contributed by atoms with Crippen molar-refractivity contribution in [1.82, 2.24) is 10.0 Å². The van der Waals surface area contributed by atoms with Gasteiger partial charge in [0.15, 0.2) is 0 Å². The monoisotopic (exact) mass is 393 g/mol. The number of hydrogen-bond acceptors (Lipinski definition) is 3. The maximum atomic E-state index is 11.7. The highest BCUT2D eigenvalue weighted by molar-refractivity contribution is 7.97. The first-order valence-electron chi connectivity index (χ1n) is 10.4. The fourth-order valence-electron chi connectivity index (χ4n) is 5.70. The van der Waals surface area contributed by atoms with Gasteiger partial charge in [0.25, 0.3) is 0 Å². The van der Waals surface area contributed by atoms with Crippen molar-refractivity contribution in [3.8, 4) is 11.8 Å². The van der Waals surface area contributed by atoms with E-state index in [9.17, 15) is 4.21 Å². The molecule has 4 nitrogen and oxygen atoms in total. The maximum absolute atomic E-state index is 11.7. The first-order chi connectivity index (χ1) is 12.3. The van der Waals surface area contributed by atoms with Gasteiger partial charge in [-0.25, -0.2) is 4.72 Å². The summed E-state index contributed by atoms with van der Waals surface area (Å²) >= 11 is 0. The van der Waals surface area contributed by atoms with Crippen LogP contribution < -0.4 is 15.8 Å². The summed E-state index contributed by atoms with van der Waals surface area (Å²) in [5.74, 6) is 11.1. The second-order valence-electron chi connectivity index (χ2n) is 10.9. The highest BCUT2D eigenvalue weighted by atomic mass is 32.2. The van der Waals surface area contributed by atoms with Crippen LogP contribution in [0.15, 0.2) is 0 Å². The Kier molecular flexibility index (Phi) is 5.30. The second kappa shape index (κ2) is 6.76. The minimum Gasteiger partial charge on any atom is -0.330 e. The Morgan fingerprint density at radius 2 is 1.96 bits per heavy atom. The molecule has 5 atom stereocenters. The Bertz CT molecular complexity index is 745. The van der Waals surface area contributed by atoms with Gasteiger partial charge in [-0.2, -0.15) is 0 Å². The zero-order chi connectivity index (χ0) is 20.1. The van der Waals surface area contributed by atoms with Crippen LogP contribution in [0.3, 0.4) is 0 Å². The van der Waals surface area contributed by atoms with Gasteiger partial charge in [-0.3, -0.25) is 4.21 Å². The lowest BCUT2D eigenvalue weighted by Crippen LogP contribution is -2.76. The third-order valence-electron chi connectivity index (χ3n) is 7.22. The molecule has 2 saturated carbocycles. The van der Waals surface area contributed by atoms with Gasteiger partial charge in [0.2, 0.25) is 0 Å². The molecule has 5 unspecified atom stereocenters. The van der Waals surface area contributed by atoms with Crippen LogP contribution in [0.2, 0.25) is 0 Å². The van der Waals surface area contributed by atoms with Crippen molar-refractivity contribution >= 4 is 15.6 Å². The maximum Gasteiger partial charge on any atom is 0.0634 e. The van der Waals surface area contributed by atoms with Gasteiger partial charge >= 0.3 is 0 Å². The van der Waals surface area contributed by atoms with Gasteiger partial charge < -0.3 is 11.1 Å². The molecule has 154 valence electrons. The largest absolute Gasteiger partial charge is 0.330 e. The Morgan fingerprint density at radius 3 is 2.37 bits per heavy atom. The van der Waals surface area contributed by atoms with Crippen molar-refractivity contribution in [3.05, 3.63) is 0 Å². The van der Waals surface area contributed by atoms with Crippen LogP contribution in [0.4, 0.5) is 0 Å². The van der Waals surface area contributed by atoms with E-state index >= 15 is 0 Å². The Labute approximate surface area is 167 Å². The second-order valence-corrected chi connectivity index (χ2v) is 13.2. The summed E-state index contributed by atoms with van der Waals surface area (Å²) in [5, 5.41) is 3.94. The molecule has 0 amide bonds. The average Bonchev–Trinajstić information content (AvgIpc) is 2.52. The number of nitrogens with two attached hydrogens (primary N) is 1. The van der Waals surface area contributed by atoms with Gasteiger partial charge in [-0.05, 0) is 76.1 Å². The first kappa shape index (κ1) is 21.2. The summed E-state index contributed by atoms with van der Waals surface area (Å²) in [6.45, 7) is 10.7. The molecule has 3 rings (SSSR count). The molecular formula is C22H39N3OS. The van der Waals surface area contributed by atoms with E-state index in [2.05, 4.69) is 55.4 Å². The normalized spacial score (nSPS) is 34.5. The third kappa shape index (κ3) is 4.10. The van der Waals surface area contributed by atoms with Crippen molar-refractivity contribution in [3.63, 3.8) is 0 Å². The van der Waals surface area contributed by atoms with Crippen LogP contribution in [-0.4, -0.2) is 41.0 Å². The van der Waals surface area contributed by atoms with Gasteiger partial charge in [0, 0.05) is 34.1 Å². The standard InChI is InChI=1S/C22H39N3OS/c1-19(2,11-12-24-27(5,6)26)13-17(16-23)14-20(3,4)25-18-15-21-7-9-22(18,21)10-8-21/h17-18,25H,5,7,9,11-16,23H2,1-4,6H3,(H,24,26). The summed E-state index contributed by atoms with van der Waals surface area (Å²) in [4.78, 5) is 0. The first-order valence-corrected chi connectivity index (χ1v) is 12.5. The van der Waals surface area contributed by atoms with Crippen molar-refractivity contribution in [1.29, 1.82) is 0 Å². The molecule has 3 aliphatic rings. The van der Waals surface area contributed by atoms with Crippen LogP contribution >= 0.6 is 0 Å². The van der Waals surface area contributed by atoms with E-state index in [4.69, 9.17) is 5.73 Å². The van der Waals surface area contributed by atoms with Crippen molar-refractivity contribution in [2.75, 3.05) is 19.3 Å². The predicted octanol–water partition coefficient (Wildman–Crippen LogP) is 2.53. The van der Waals surface area contributed by atoms with Crippen molar-refractivity contribution < 1.29 is 4.21 Å². The molecule has 0 saturated heterocycles. The molecule has 0 aromatic carbocycles. The van der Waals surface area contributed by atoms with E-state index in [-0.39, 0.29) is 11.0 Å². The van der Waals surface area contributed by atoms with Crippen LogP contribution in [0.5, 0.6) is 0 Å². The average molecular weight is 394 g/mol. The quantitative estimate of drug-likeness (QED) is 0.373. The van der Waals surface area contributed by atoms with E-state index in [1.165, 1.54) is 19.3 Å². The molecule has 0 spiro atoms. The fourth-order valence-corrected chi connectivity index (χ4v) is 6.23. The SMILES string of the molecule is C=S(C)(=O)NCCC(C)(C)CC(CN)CC(C)(C)NC1CC23C#CC12CC3. The molecule has 5 heteroatoms. The van der Waals surface area contributed by atoms with Crippen molar-refractivity contribution in [2.24, 2.45) is 27.9 Å². The van der Waals surface area contributed by atoms with E-state index in [1.807, 2.05) is 0 Å². The zero-order valence-corrected chi connectivity index (χ0v) is 18.7. The van der Waals surface area contributed by atoms with Crippen molar-refractivity contribution in [2.45, 2.75) is 77.8 Å². The minimum atomic E-state index is -2.12.